The second-order valence-electron chi connectivity index (χ2n) is 11.2. The van der Waals surface area contributed by atoms with E-state index in [9.17, 15) is 33.1 Å². The zero-order chi connectivity index (χ0) is 33.2. The Morgan fingerprint density at radius 1 is 0.956 bits per heavy atom. The van der Waals surface area contributed by atoms with Gasteiger partial charge in [-0.1, -0.05) is 44.5 Å². The van der Waals surface area contributed by atoms with Crippen LogP contribution in [0.2, 0.25) is 5.02 Å². The van der Waals surface area contributed by atoms with Crippen LogP contribution in [0.3, 0.4) is 0 Å². The van der Waals surface area contributed by atoms with Gasteiger partial charge < -0.3 is 9.84 Å². The van der Waals surface area contributed by atoms with Crippen molar-refractivity contribution in [1.29, 1.82) is 0 Å². The number of alkyl halides is 2. The molecule has 0 fully saturated rings. The largest absolute Gasteiger partial charge is 0.480 e. The minimum atomic E-state index is -3.31. The number of hydrogen-bond donors (Lipinski definition) is 1. The predicted octanol–water partition coefficient (Wildman–Crippen LogP) is 6.94. The molecule has 1 atom stereocenters. The Morgan fingerprint density at radius 2 is 1.62 bits per heavy atom. The van der Waals surface area contributed by atoms with Crippen LogP contribution in [0.4, 0.5) is 20.2 Å². The molecular formula is C33H30ClF2N3O6. The van der Waals surface area contributed by atoms with Gasteiger partial charge in [0.25, 0.3) is 11.5 Å². The van der Waals surface area contributed by atoms with Gasteiger partial charge in [0, 0.05) is 28.0 Å². The lowest BCUT2D eigenvalue weighted by Gasteiger charge is -2.28. The summed E-state index contributed by atoms with van der Waals surface area (Å²) in [6.07, 6.45) is -3.31. The van der Waals surface area contributed by atoms with Gasteiger partial charge in [-0.2, -0.15) is 0 Å². The fourth-order valence-corrected chi connectivity index (χ4v) is 4.88. The molecule has 1 amide bonds. The number of amides is 1. The fraction of sp³-hybridized carbons (Fsp3) is 0.242. The number of ether oxygens (including phenoxy) is 1. The van der Waals surface area contributed by atoms with Crippen LogP contribution >= 0.6 is 11.6 Å². The number of carbonyl (C=O) groups is 3. The molecule has 12 heteroatoms. The zero-order valence-electron chi connectivity index (χ0n) is 25.0. The summed E-state index contributed by atoms with van der Waals surface area (Å²) in [4.78, 5) is 52.8. The number of hydrogen-bond acceptors (Lipinski definition) is 6. The predicted molar refractivity (Wildman–Crippen MR) is 166 cm³/mol. The summed E-state index contributed by atoms with van der Waals surface area (Å²) < 4.78 is 33.0. The van der Waals surface area contributed by atoms with Gasteiger partial charge in [0.15, 0.2) is 0 Å². The second-order valence-corrected chi connectivity index (χ2v) is 11.6. The van der Waals surface area contributed by atoms with E-state index in [1.54, 1.807) is 12.1 Å². The number of Topliss-reactive ketones (excluding diaryl/α,β-unsaturated/α-hetero) is 1. The standard InChI is InChI=1S/C33H30ClF2N3O6/c1-18(39-27(40)17-26(30(37-39)45-5)25-16-21(34)11-14-24(25)28(41)29(35)36)31(42)38(22-12-9-19(10-13-22)32(43)44)23-8-6-7-20(15-23)33(2,3)4/h6-18,29H,1-5H3,(H,43,44). The summed E-state index contributed by atoms with van der Waals surface area (Å²) >= 11 is 6.10. The molecule has 9 nitrogen and oxygen atoms in total. The Balaban J connectivity index is 1.85. The Morgan fingerprint density at radius 3 is 2.20 bits per heavy atom. The maximum Gasteiger partial charge on any atom is 0.335 e. The number of carboxylic acids is 1. The van der Waals surface area contributed by atoms with Crippen LogP contribution in [0.25, 0.3) is 11.1 Å². The summed E-state index contributed by atoms with van der Waals surface area (Å²) in [7, 11) is 1.24. The maximum absolute atomic E-state index is 14.2. The molecule has 234 valence electrons. The first kappa shape index (κ1) is 33.0. The van der Waals surface area contributed by atoms with E-state index in [4.69, 9.17) is 16.3 Å². The van der Waals surface area contributed by atoms with Crippen molar-refractivity contribution in [3.8, 4) is 17.0 Å². The van der Waals surface area contributed by atoms with Gasteiger partial charge in [0.2, 0.25) is 11.7 Å². The number of aromatic carboxylic acids is 1. The second kappa shape index (κ2) is 13.0. The molecule has 1 heterocycles. The summed E-state index contributed by atoms with van der Waals surface area (Å²) in [5.74, 6) is -3.42. The first-order chi connectivity index (χ1) is 21.1. The van der Waals surface area contributed by atoms with E-state index in [1.165, 1.54) is 55.3 Å². The quantitative estimate of drug-likeness (QED) is 0.197. The van der Waals surface area contributed by atoms with Gasteiger partial charge in [-0.05, 0) is 78.1 Å². The van der Waals surface area contributed by atoms with Crippen molar-refractivity contribution in [1.82, 2.24) is 9.78 Å². The van der Waals surface area contributed by atoms with E-state index >= 15 is 0 Å². The molecule has 0 saturated carbocycles. The Hall–Kier alpha value is -4.90. The van der Waals surface area contributed by atoms with E-state index < -0.39 is 35.7 Å². The summed E-state index contributed by atoms with van der Waals surface area (Å²) in [6.45, 7) is 7.49. The highest BCUT2D eigenvalue weighted by Crippen LogP contribution is 2.35. The average Bonchev–Trinajstić information content (AvgIpc) is 3.00. The topological polar surface area (TPSA) is 119 Å². The van der Waals surface area contributed by atoms with E-state index in [-0.39, 0.29) is 38.6 Å². The van der Waals surface area contributed by atoms with Gasteiger partial charge >= 0.3 is 12.4 Å². The van der Waals surface area contributed by atoms with Crippen LogP contribution in [-0.2, 0) is 10.2 Å². The number of carboxylic acid groups (broad SMARTS) is 1. The van der Waals surface area contributed by atoms with Crippen LogP contribution in [0.15, 0.2) is 77.6 Å². The van der Waals surface area contributed by atoms with Crippen molar-refractivity contribution >= 4 is 40.6 Å². The molecule has 1 unspecified atom stereocenters. The van der Waals surface area contributed by atoms with Crippen molar-refractivity contribution in [3.05, 3.63) is 105 Å². The van der Waals surface area contributed by atoms with Gasteiger partial charge in [0.05, 0.1) is 18.2 Å². The monoisotopic (exact) mass is 637 g/mol. The van der Waals surface area contributed by atoms with Crippen molar-refractivity contribution in [2.45, 2.75) is 45.6 Å². The van der Waals surface area contributed by atoms with Crippen molar-refractivity contribution in [2.24, 2.45) is 0 Å². The lowest BCUT2D eigenvalue weighted by Crippen LogP contribution is -2.38. The smallest absolute Gasteiger partial charge is 0.335 e. The Labute approximate surface area is 262 Å². The van der Waals surface area contributed by atoms with E-state index in [2.05, 4.69) is 5.10 Å². The van der Waals surface area contributed by atoms with E-state index in [0.717, 1.165) is 22.4 Å². The molecule has 4 rings (SSSR count). The number of methoxy groups -OCH3 is 1. The first-order valence-electron chi connectivity index (χ1n) is 13.7. The molecule has 0 bridgehead atoms. The lowest BCUT2D eigenvalue weighted by molar-refractivity contribution is -0.120. The number of aromatic nitrogens is 2. The van der Waals surface area contributed by atoms with Crippen LogP contribution in [0, 0.1) is 0 Å². The molecule has 3 aromatic carbocycles. The zero-order valence-corrected chi connectivity index (χ0v) is 25.8. The number of ketones is 1. The summed E-state index contributed by atoms with van der Waals surface area (Å²) in [6, 6.07) is 16.4. The van der Waals surface area contributed by atoms with Crippen molar-refractivity contribution < 1.29 is 33.0 Å². The molecule has 1 aromatic heterocycles. The normalized spacial score (nSPS) is 12.1. The molecule has 0 aliphatic carbocycles. The number of carbonyl (C=O) groups excluding carboxylic acids is 2. The molecule has 45 heavy (non-hydrogen) atoms. The van der Waals surface area contributed by atoms with Crippen LogP contribution in [0.1, 0.15) is 60.0 Å². The molecule has 0 aliphatic heterocycles. The Bertz CT molecular complexity index is 1830. The number of nitrogens with zero attached hydrogens (tertiary/aromatic N) is 3. The number of anilines is 2. The first-order valence-corrected chi connectivity index (χ1v) is 14.1. The molecule has 1 N–H and O–H groups in total. The minimum Gasteiger partial charge on any atom is -0.480 e. The van der Waals surface area contributed by atoms with Crippen LogP contribution in [-0.4, -0.2) is 46.1 Å². The van der Waals surface area contributed by atoms with Gasteiger partial charge in [-0.25, -0.2) is 18.3 Å². The molecular weight excluding hydrogens is 608 g/mol. The summed E-state index contributed by atoms with van der Waals surface area (Å²) in [5.41, 5.74) is 0.161. The third kappa shape index (κ3) is 6.93. The maximum atomic E-state index is 14.2. The highest BCUT2D eigenvalue weighted by atomic mass is 35.5. The minimum absolute atomic E-state index is 0.0200. The number of rotatable bonds is 9. The van der Waals surface area contributed by atoms with Gasteiger partial charge in [0.1, 0.15) is 6.04 Å². The molecule has 4 aromatic rings. The number of benzene rings is 3. The lowest BCUT2D eigenvalue weighted by atomic mass is 9.87. The SMILES string of the molecule is COc1nn(C(C)C(=O)N(c2ccc(C(=O)O)cc2)c2cccc(C(C)(C)C)c2)c(=O)cc1-c1cc(Cl)ccc1C(=O)C(F)F. The molecule has 0 saturated heterocycles. The highest BCUT2D eigenvalue weighted by molar-refractivity contribution is 6.31. The van der Waals surface area contributed by atoms with Gasteiger partial charge in [-0.3, -0.25) is 19.3 Å². The van der Waals surface area contributed by atoms with E-state index in [1.807, 2.05) is 32.9 Å². The van der Waals surface area contributed by atoms with Crippen molar-refractivity contribution in [3.63, 3.8) is 0 Å². The molecule has 0 aliphatic rings. The third-order valence-corrected chi connectivity index (χ3v) is 7.37. The van der Waals surface area contributed by atoms with Crippen LogP contribution < -0.4 is 15.2 Å². The third-order valence-electron chi connectivity index (χ3n) is 7.14. The molecule has 0 spiro atoms. The van der Waals surface area contributed by atoms with Crippen molar-refractivity contribution in [2.75, 3.05) is 12.0 Å². The Kier molecular flexibility index (Phi) is 9.53. The highest BCUT2D eigenvalue weighted by Gasteiger charge is 2.30. The van der Waals surface area contributed by atoms with E-state index in [0.29, 0.717) is 11.4 Å². The average molecular weight is 638 g/mol. The van der Waals surface area contributed by atoms with Gasteiger partial charge in [-0.15, -0.1) is 5.10 Å². The fourth-order valence-electron chi connectivity index (χ4n) is 4.70. The number of halogens is 3. The van der Waals surface area contributed by atoms with Crippen LogP contribution in [0.5, 0.6) is 5.88 Å². The molecule has 0 radical (unpaired) electrons. The summed E-state index contributed by atoms with van der Waals surface area (Å²) in [5, 5.41) is 13.7.